The number of nitrogens with one attached hydrogen (secondary N) is 2. The van der Waals surface area contributed by atoms with E-state index >= 15 is 0 Å². The van der Waals surface area contributed by atoms with Crippen molar-refractivity contribution in [1.82, 2.24) is 15.3 Å². The summed E-state index contributed by atoms with van der Waals surface area (Å²) in [5.41, 5.74) is 7.62. The number of imidazole rings is 1. The van der Waals surface area contributed by atoms with Crippen LogP contribution in [0.2, 0.25) is 0 Å². The highest BCUT2D eigenvalue weighted by Gasteiger charge is 2.29. The van der Waals surface area contributed by atoms with Crippen LogP contribution in [0, 0.1) is 15.2 Å². The van der Waals surface area contributed by atoms with Crippen LogP contribution >= 0.6 is 22.6 Å². The Morgan fingerprint density at radius 3 is 2.27 bits per heavy atom. The minimum absolute atomic E-state index is 0.143. The Morgan fingerprint density at radius 1 is 1.05 bits per heavy atom. The molecule has 210 valence electrons. The number of H-pyrrole nitrogens is 1. The second-order valence-electron chi connectivity index (χ2n) is 9.26. The zero-order chi connectivity index (χ0) is 28.8. The first-order valence-corrected chi connectivity index (χ1v) is 13.6. The highest BCUT2D eigenvalue weighted by Crippen LogP contribution is 2.33. The first-order valence-electron chi connectivity index (χ1n) is 12.5. The maximum absolute atomic E-state index is 14.7. The number of aliphatic hydroxyl groups excluding tert-OH is 2. The lowest BCUT2D eigenvalue weighted by Gasteiger charge is -2.26. The average molecular weight is 662 g/mol. The Hall–Kier alpha value is -3.39. The molecular weight excluding hydrogens is 633 g/mol. The summed E-state index contributed by atoms with van der Waals surface area (Å²) in [5, 5.41) is 21.4. The van der Waals surface area contributed by atoms with Gasteiger partial charge in [-0.2, -0.15) is 0 Å². The van der Waals surface area contributed by atoms with Crippen molar-refractivity contribution in [1.29, 1.82) is 0 Å². The van der Waals surface area contributed by atoms with Crippen molar-refractivity contribution < 1.29 is 28.5 Å². The molecule has 11 heteroatoms. The molecule has 3 aromatic carbocycles. The number of carbonyl (C=O) groups is 1. The van der Waals surface area contributed by atoms with Gasteiger partial charge in [-0.1, -0.05) is 49.4 Å². The molecule has 0 saturated heterocycles. The molecule has 0 bridgehead atoms. The molecule has 1 aromatic heterocycles. The number of nitrogens with zero attached hydrogens (tertiary/aromatic N) is 1. The monoisotopic (exact) mass is 662 g/mol. The third kappa shape index (κ3) is 6.84. The number of aromatic nitrogens is 2. The maximum Gasteiger partial charge on any atom is 0.242 e. The van der Waals surface area contributed by atoms with Crippen LogP contribution in [0.15, 0.2) is 72.9 Å². The van der Waals surface area contributed by atoms with Crippen LogP contribution in [0.25, 0.3) is 11.3 Å². The fourth-order valence-corrected chi connectivity index (χ4v) is 4.82. The van der Waals surface area contributed by atoms with Gasteiger partial charge in [0.05, 0.1) is 36.7 Å². The van der Waals surface area contributed by atoms with Gasteiger partial charge in [0.2, 0.25) is 5.91 Å². The maximum atomic E-state index is 14.7. The van der Waals surface area contributed by atoms with Crippen molar-refractivity contribution in [3.63, 3.8) is 0 Å². The lowest BCUT2D eigenvalue weighted by molar-refractivity contribution is -0.123. The Bertz CT molecular complexity index is 1410. The molecule has 3 atom stereocenters. The third-order valence-corrected chi connectivity index (χ3v) is 7.14. The highest BCUT2D eigenvalue weighted by atomic mass is 127. The van der Waals surface area contributed by atoms with E-state index in [1.807, 2.05) is 59.8 Å². The molecule has 0 fully saturated rings. The number of benzene rings is 3. The summed E-state index contributed by atoms with van der Waals surface area (Å²) >= 11 is 1.84. The van der Waals surface area contributed by atoms with Gasteiger partial charge in [0, 0.05) is 9.49 Å². The summed E-state index contributed by atoms with van der Waals surface area (Å²) in [5.74, 6) is -1.52. The molecule has 0 saturated carbocycles. The molecular formula is C29H29F2IN4O4. The van der Waals surface area contributed by atoms with Crippen LogP contribution < -0.4 is 15.8 Å². The van der Waals surface area contributed by atoms with E-state index in [-0.39, 0.29) is 30.4 Å². The van der Waals surface area contributed by atoms with Gasteiger partial charge < -0.3 is 31.0 Å². The van der Waals surface area contributed by atoms with Crippen molar-refractivity contribution in [2.75, 3.05) is 13.2 Å². The van der Waals surface area contributed by atoms with Crippen LogP contribution in [-0.2, 0) is 4.79 Å². The summed E-state index contributed by atoms with van der Waals surface area (Å²) in [6.45, 7) is 1.21. The number of hydrogen-bond acceptors (Lipinski definition) is 6. The smallest absolute Gasteiger partial charge is 0.242 e. The van der Waals surface area contributed by atoms with E-state index < -0.39 is 35.7 Å². The predicted molar refractivity (Wildman–Crippen MR) is 154 cm³/mol. The van der Waals surface area contributed by atoms with Gasteiger partial charge in [-0.25, -0.2) is 13.8 Å². The molecule has 1 amide bonds. The van der Waals surface area contributed by atoms with E-state index in [2.05, 4.69) is 15.3 Å². The van der Waals surface area contributed by atoms with Gasteiger partial charge in [0.1, 0.15) is 35.4 Å². The molecule has 0 aliphatic carbocycles. The van der Waals surface area contributed by atoms with Crippen LogP contribution in [0.4, 0.5) is 8.78 Å². The van der Waals surface area contributed by atoms with Gasteiger partial charge in [-0.05, 0) is 58.0 Å². The van der Waals surface area contributed by atoms with Gasteiger partial charge >= 0.3 is 0 Å². The van der Waals surface area contributed by atoms with Crippen molar-refractivity contribution in [2.45, 2.75) is 31.0 Å². The number of aromatic amines is 1. The molecule has 0 unspecified atom stereocenters. The van der Waals surface area contributed by atoms with Crippen molar-refractivity contribution >= 4 is 28.5 Å². The molecule has 8 nitrogen and oxygen atoms in total. The van der Waals surface area contributed by atoms with E-state index in [1.54, 1.807) is 24.3 Å². The Balaban J connectivity index is 1.60. The lowest BCUT2D eigenvalue weighted by atomic mass is 9.92. The second kappa shape index (κ2) is 13.3. The Kier molecular flexibility index (Phi) is 9.85. The number of amides is 1. The van der Waals surface area contributed by atoms with E-state index in [9.17, 15) is 23.8 Å². The predicted octanol–water partition coefficient (Wildman–Crippen LogP) is 4.35. The van der Waals surface area contributed by atoms with Crippen molar-refractivity contribution in [3.05, 3.63) is 105 Å². The molecule has 0 spiro atoms. The van der Waals surface area contributed by atoms with Crippen LogP contribution in [-0.4, -0.2) is 45.4 Å². The summed E-state index contributed by atoms with van der Waals surface area (Å²) < 4.78 is 35.2. The number of halogens is 3. The molecule has 0 radical (unpaired) electrons. The zero-order valence-electron chi connectivity index (χ0n) is 21.5. The average Bonchev–Trinajstić information content (AvgIpc) is 3.43. The molecule has 40 heavy (non-hydrogen) atoms. The topological polar surface area (TPSA) is 133 Å². The number of carbonyl (C=O) groups excluding carboxylic acids is 1. The standard InChI is InChI=1S/C29H29F2IN4O4/c1-16(17-5-3-2-4-6-17)27(28-34-13-24(35-28)25-22(30)11-19(32)12-23(25)31)36-29(39)26(33)18-7-9-20(10-8-18)40-21(14-37)15-38/h2-13,16,21,26-27,37-38H,14-15,33H2,1H3,(H,34,35)(H,36,39)/t16-,26-,27+/m1/s1. The van der Waals surface area contributed by atoms with Crippen molar-refractivity contribution in [3.8, 4) is 17.0 Å². The van der Waals surface area contributed by atoms with Crippen LogP contribution in [0.1, 0.15) is 41.9 Å². The number of rotatable bonds is 11. The molecule has 4 rings (SSSR count). The van der Waals surface area contributed by atoms with E-state index in [4.69, 9.17) is 10.5 Å². The first kappa shape index (κ1) is 29.6. The van der Waals surface area contributed by atoms with Crippen molar-refractivity contribution in [2.24, 2.45) is 5.73 Å². The summed E-state index contributed by atoms with van der Waals surface area (Å²) in [4.78, 5) is 20.7. The van der Waals surface area contributed by atoms with Gasteiger partial charge in [-0.15, -0.1) is 0 Å². The minimum Gasteiger partial charge on any atom is -0.486 e. The normalized spacial score (nSPS) is 13.6. The zero-order valence-corrected chi connectivity index (χ0v) is 23.7. The van der Waals surface area contributed by atoms with E-state index in [0.717, 1.165) is 5.56 Å². The Labute approximate surface area is 243 Å². The second-order valence-corrected chi connectivity index (χ2v) is 10.5. The first-order chi connectivity index (χ1) is 19.2. The number of aliphatic hydroxyl groups is 2. The van der Waals surface area contributed by atoms with Gasteiger partial charge in [-0.3, -0.25) is 4.79 Å². The fourth-order valence-electron chi connectivity index (χ4n) is 4.27. The van der Waals surface area contributed by atoms with E-state index in [0.29, 0.717) is 20.7 Å². The van der Waals surface area contributed by atoms with Gasteiger partial charge in [0.15, 0.2) is 0 Å². The lowest BCUT2D eigenvalue weighted by Crippen LogP contribution is -2.39. The van der Waals surface area contributed by atoms with Gasteiger partial charge in [0.25, 0.3) is 0 Å². The number of ether oxygens (including phenoxy) is 1. The van der Waals surface area contributed by atoms with Crippen LogP contribution in [0.3, 0.4) is 0 Å². The fraction of sp³-hybridized carbons (Fsp3) is 0.241. The van der Waals surface area contributed by atoms with E-state index in [1.165, 1.54) is 18.3 Å². The Morgan fingerprint density at radius 2 is 1.68 bits per heavy atom. The largest absolute Gasteiger partial charge is 0.486 e. The number of nitrogens with two attached hydrogens (primary N) is 1. The summed E-state index contributed by atoms with van der Waals surface area (Å²) in [6, 6.07) is 16.6. The van der Waals surface area contributed by atoms with Crippen LogP contribution in [0.5, 0.6) is 5.75 Å². The molecule has 4 aromatic rings. The molecule has 6 N–H and O–H groups in total. The molecule has 0 aliphatic heterocycles. The summed E-state index contributed by atoms with van der Waals surface area (Å²) in [6.07, 6.45) is 0.577. The molecule has 0 aliphatic rings. The minimum atomic E-state index is -1.05. The highest BCUT2D eigenvalue weighted by molar-refractivity contribution is 14.1. The third-order valence-electron chi connectivity index (χ3n) is 6.52. The SMILES string of the molecule is C[C@H](c1ccccc1)[C@H](NC(=O)[C@H](N)c1ccc(OC(CO)CO)cc1)c1ncc(-c2c(F)cc(I)cc2F)[nH]1. The summed E-state index contributed by atoms with van der Waals surface area (Å²) in [7, 11) is 0. The molecule has 1 heterocycles. The number of hydrogen-bond donors (Lipinski definition) is 5. The quantitative estimate of drug-likeness (QED) is 0.152.